The molecule has 2 aromatic rings. The molecule has 1 aliphatic rings. The number of aromatic nitrogens is 1. The Morgan fingerprint density at radius 1 is 1.14 bits per heavy atom. The van der Waals surface area contributed by atoms with Gasteiger partial charge in [-0.1, -0.05) is 30.3 Å². The topological polar surface area (TPSA) is 39.2 Å². The van der Waals surface area contributed by atoms with Crippen molar-refractivity contribution in [3.63, 3.8) is 0 Å². The zero-order valence-corrected chi connectivity index (χ0v) is 12.2. The highest BCUT2D eigenvalue weighted by atomic mass is 16.5. The Balaban J connectivity index is 2.06. The van der Waals surface area contributed by atoms with Crippen LogP contribution in [0.5, 0.6) is 0 Å². The summed E-state index contributed by atoms with van der Waals surface area (Å²) < 4.78 is 5.49. The number of ether oxygens (including phenoxy) is 1. The fourth-order valence-corrected chi connectivity index (χ4v) is 3.08. The van der Waals surface area contributed by atoms with Gasteiger partial charge in [-0.05, 0) is 37.0 Å². The van der Waals surface area contributed by atoms with E-state index in [4.69, 9.17) is 4.74 Å². The number of carbonyl (C=O) groups excluding carboxylic acids is 1. The van der Waals surface area contributed by atoms with E-state index in [9.17, 15) is 4.79 Å². The van der Waals surface area contributed by atoms with Crippen molar-refractivity contribution in [2.45, 2.75) is 25.2 Å². The van der Waals surface area contributed by atoms with Crippen LogP contribution in [0.3, 0.4) is 0 Å². The molecule has 108 valence electrons. The highest BCUT2D eigenvalue weighted by Crippen LogP contribution is 2.37. The fraction of sp³-hybridized carbons (Fsp3) is 0.333. The Labute approximate surface area is 125 Å². The second kappa shape index (κ2) is 5.78. The molecule has 1 aliphatic heterocycles. The zero-order chi connectivity index (χ0) is 14.7. The maximum absolute atomic E-state index is 13.2. The van der Waals surface area contributed by atoms with Gasteiger partial charge in [-0.25, -0.2) is 0 Å². The summed E-state index contributed by atoms with van der Waals surface area (Å²) in [4.78, 5) is 17.4. The number of ketones is 1. The van der Waals surface area contributed by atoms with Gasteiger partial charge >= 0.3 is 0 Å². The van der Waals surface area contributed by atoms with Gasteiger partial charge in [0.25, 0.3) is 0 Å². The lowest BCUT2D eigenvalue weighted by Crippen LogP contribution is -2.41. The van der Waals surface area contributed by atoms with Gasteiger partial charge in [0, 0.05) is 31.2 Å². The minimum atomic E-state index is -0.477. The number of benzene rings is 1. The average molecular weight is 281 g/mol. The van der Waals surface area contributed by atoms with Crippen LogP contribution in [0.2, 0.25) is 0 Å². The first kappa shape index (κ1) is 14.0. The lowest BCUT2D eigenvalue weighted by molar-refractivity contribution is 0.0423. The molecule has 0 spiro atoms. The van der Waals surface area contributed by atoms with Gasteiger partial charge in [0.2, 0.25) is 0 Å². The van der Waals surface area contributed by atoms with Crippen molar-refractivity contribution in [1.82, 2.24) is 4.98 Å². The zero-order valence-electron chi connectivity index (χ0n) is 12.2. The Bertz CT molecular complexity index is 631. The Morgan fingerprint density at radius 3 is 2.52 bits per heavy atom. The maximum atomic E-state index is 13.2. The summed E-state index contributed by atoms with van der Waals surface area (Å²) in [5.74, 6) is 0.160. The first-order valence-electron chi connectivity index (χ1n) is 7.32. The van der Waals surface area contributed by atoms with Gasteiger partial charge in [0.1, 0.15) is 0 Å². The molecule has 0 bridgehead atoms. The molecule has 0 N–H and O–H groups in total. The molecule has 3 nitrogen and oxygen atoms in total. The Morgan fingerprint density at radius 2 is 1.86 bits per heavy atom. The van der Waals surface area contributed by atoms with Crippen molar-refractivity contribution in [3.8, 4) is 0 Å². The van der Waals surface area contributed by atoms with E-state index in [2.05, 4.69) is 4.98 Å². The van der Waals surface area contributed by atoms with Gasteiger partial charge < -0.3 is 4.74 Å². The summed E-state index contributed by atoms with van der Waals surface area (Å²) in [6.07, 6.45) is 4.90. The van der Waals surface area contributed by atoms with E-state index < -0.39 is 5.41 Å². The van der Waals surface area contributed by atoms with Crippen LogP contribution in [0.1, 0.15) is 34.3 Å². The minimum Gasteiger partial charge on any atom is -0.381 e. The number of nitrogens with zero attached hydrogens (tertiary/aromatic N) is 1. The van der Waals surface area contributed by atoms with Crippen LogP contribution in [-0.4, -0.2) is 24.0 Å². The highest BCUT2D eigenvalue weighted by Gasteiger charge is 2.41. The lowest BCUT2D eigenvalue weighted by atomic mass is 9.69. The molecule has 0 radical (unpaired) electrons. The molecular formula is C18H19NO2. The molecule has 0 unspecified atom stereocenters. The van der Waals surface area contributed by atoms with Crippen LogP contribution in [0.15, 0.2) is 48.8 Å². The van der Waals surface area contributed by atoms with Gasteiger partial charge in [0.15, 0.2) is 5.78 Å². The number of pyridine rings is 1. The average Bonchev–Trinajstić information content (AvgIpc) is 2.55. The van der Waals surface area contributed by atoms with Crippen LogP contribution in [0.25, 0.3) is 0 Å². The van der Waals surface area contributed by atoms with E-state index >= 15 is 0 Å². The third kappa shape index (κ3) is 2.61. The number of Topliss-reactive ketones (excluding diaryl/α,β-unsaturated/α-hetero) is 1. The van der Waals surface area contributed by atoms with E-state index in [-0.39, 0.29) is 5.78 Å². The van der Waals surface area contributed by atoms with E-state index in [1.807, 2.05) is 43.3 Å². The van der Waals surface area contributed by atoms with E-state index in [0.29, 0.717) is 18.8 Å². The molecule has 1 aromatic heterocycles. The molecule has 0 saturated carbocycles. The standard InChI is InChI=1S/C18H19NO2/c1-14-11-15(13-19-12-14)17(20)18(7-9-21-10-8-18)16-5-3-2-4-6-16/h2-6,11-13H,7-10H2,1H3. The predicted octanol–water partition coefficient (Wildman–Crippen LogP) is 3.32. The molecule has 1 aromatic carbocycles. The largest absolute Gasteiger partial charge is 0.381 e. The van der Waals surface area contributed by atoms with E-state index in [0.717, 1.165) is 24.0 Å². The molecule has 0 aliphatic carbocycles. The van der Waals surface area contributed by atoms with Crippen molar-refractivity contribution in [2.24, 2.45) is 0 Å². The lowest BCUT2D eigenvalue weighted by Gasteiger charge is -2.36. The van der Waals surface area contributed by atoms with Crippen molar-refractivity contribution in [3.05, 3.63) is 65.5 Å². The van der Waals surface area contributed by atoms with Crippen LogP contribution >= 0.6 is 0 Å². The molecule has 0 amide bonds. The molecule has 1 fully saturated rings. The van der Waals surface area contributed by atoms with Crippen LogP contribution in [0.4, 0.5) is 0 Å². The van der Waals surface area contributed by atoms with Gasteiger partial charge in [-0.3, -0.25) is 9.78 Å². The Kier molecular flexibility index (Phi) is 3.84. The summed E-state index contributed by atoms with van der Waals surface area (Å²) in [5, 5.41) is 0. The van der Waals surface area contributed by atoms with Crippen molar-refractivity contribution in [2.75, 3.05) is 13.2 Å². The second-order valence-corrected chi connectivity index (χ2v) is 5.64. The number of rotatable bonds is 3. The number of hydrogen-bond acceptors (Lipinski definition) is 3. The van der Waals surface area contributed by atoms with Crippen molar-refractivity contribution in [1.29, 1.82) is 0 Å². The van der Waals surface area contributed by atoms with Crippen molar-refractivity contribution >= 4 is 5.78 Å². The first-order valence-corrected chi connectivity index (χ1v) is 7.32. The molecule has 2 heterocycles. The highest BCUT2D eigenvalue weighted by molar-refractivity contribution is 6.04. The first-order chi connectivity index (χ1) is 10.2. The fourth-order valence-electron chi connectivity index (χ4n) is 3.08. The van der Waals surface area contributed by atoms with Gasteiger partial charge in [-0.15, -0.1) is 0 Å². The third-order valence-corrected chi connectivity index (χ3v) is 4.24. The summed E-state index contributed by atoms with van der Waals surface area (Å²) in [6.45, 7) is 3.21. The van der Waals surface area contributed by atoms with Crippen LogP contribution < -0.4 is 0 Å². The summed E-state index contributed by atoms with van der Waals surface area (Å²) in [6, 6.07) is 12.0. The summed E-state index contributed by atoms with van der Waals surface area (Å²) >= 11 is 0. The van der Waals surface area contributed by atoms with E-state index in [1.165, 1.54) is 0 Å². The molecular weight excluding hydrogens is 262 g/mol. The van der Waals surface area contributed by atoms with Gasteiger partial charge in [0.05, 0.1) is 5.41 Å². The van der Waals surface area contributed by atoms with Crippen molar-refractivity contribution < 1.29 is 9.53 Å². The molecule has 21 heavy (non-hydrogen) atoms. The normalized spacial score (nSPS) is 17.4. The smallest absolute Gasteiger partial charge is 0.175 e. The molecule has 0 atom stereocenters. The minimum absolute atomic E-state index is 0.160. The summed E-state index contributed by atoms with van der Waals surface area (Å²) in [5.41, 5.74) is 2.31. The van der Waals surface area contributed by atoms with E-state index in [1.54, 1.807) is 12.4 Å². The van der Waals surface area contributed by atoms with Gasteiger partial charge in [-0.2, -0.15) is 0 Å². The molecule has 1 saturated heterocycles. The Hall–Kier alpha value is -2.00. The second-order valence-electron chi connectivity index (χ2n) is 5.64. The van der Waals surface area contributed by atoms with Crippen LogP contribution in [-0.2, 0) is 10.2 Å². The molecule has 3 heteroatoms. The number of carbonyl (C=O) groups is 1. The quantitative estimate of drug-likeness (QED) is 0.810. The third-order valence-electron chi connectivity index (χ3n) is 4.24. The number of hydrogen-bond donors (Lipinski definition) is 0. The monoisotopic (exact) mass is 281 g/mol. The summed E-state index contributed by atoms with van der Waals surface area (Å²) in [7, 11) is 0. The number of aryl methyl sites for hydroxylation is 1. The maximum Gasteiger partial charge on any atom is 0.175 e. The molecule has 3 rings (SSSR count). The van der Waals surface area contributed by atoms with Crippen LogP contribution in [0, 0.1) is 6.92 Å². The SMILES string of the molecule is Cc1cncc(C(=O)C2(c3ccccc3)CCOCC2)c1. The predicted molar refractivity (Wildman–Crippen MR) is 81.5 cm³/mol.